The summed E-state index contributed by atoms with van der Waals surface area (Å²) in [5, 5.41) is 6.12. The zero-order chi connectivity index (χ0) is 27.9. The lowest BCUT2D eigenvalue weighted by molar-refractivity contribution is 0.0957. The van der Waals surface area contributed by atoms with E-state index in [4.69, 9.17) is 4.74 Å². The van der Waals surface area contributed by atoms with E-state index in [0.717, 1.165) is 6.54 Å². The Morgan fingerprint density at radius 2 is 1.74 bits per heavy atom. The third-order valence-electron chi connectivity index (χ3n) is 5.76. The number of hydrogen-bond donors (Lipinski definition) is 2. The normalized spacial score (nSPS) is 10.9. The number of carbonyl (C=O) groups excluding carboxylic acids is 2. The van der Waals surface area contributed by atoms with Gasteiger partial charge in [-0.15, -0.1) is 0 Å². The molecule has 0 bridgehead atoms. The van der Waals surface area contributed by atoms with Crippen LogP contribution in [0.15, 0.2) is 72.0 Å². The summed E-state index contributed by atoms with van der Waals surface area (Å²) in [7, 11) is 5.48. The van der Waals surface area contributed by atoms with Crippen molar-refractivity contribution < 1.29 is 18.7 Å². The van der Waals surface area contributed by atoms with E-state index in [-0.39, 0.29) is 29.0 Å². The van der Waals surface area contributed by atoms with Gasteiger partial charge in [-0.1, -0.05) is 11.8 Å². The highest BCUT2D eigenvalue weighted by Gasteiger charge is 2.24. The van der Waals surface area contributed by atoms with Gasteiger partial charge in [0, 0.05) is 43.7 Å². The summed E-state index contributed by atoms with van der Waals surface area (Å²) in [5.41, 5.74) is 2.37. The number of halogens is 1. The summed E-state index contributed by atoms with van der Waals surface area (Å²) in [6.07, 6.45) is 3.40. The topological polar surface area (TPSA) is 101 Å². The molecule has 11 heteroatoms. The molecule has 0 aliphatic heterocycles. The summed E-state index contributed by atoms with van der Waals surface area (Å²) in [5.74, 6) is -0.0736. The minimum absolute atomic E-state index is 0.241. The molecule has 0 aliphatic carbocycles. The lowest BCUT2D eigenvalue weighted by Crippen LogP contribution is -2.20. The molecular weight excluding hydrogens is 519 g/mol. The molecule has 0 aliphatic rings. The largest absolute Gasteiger partial charge is 0.457 e. The van der Waals surface area contributed by atoms with Crippen LogP contribution in [-0.4, -0.2) is 65.2 Å². The number of nitrogens with one attached hydrogen (secondary N) is 2. The van der Waals surface area contributed by atoms with Gasteiger partial charge in [-0.3, -0.25) is 14.6 Å². The van der Waals surface area contributed by atoms with Crippen molar-refractivity contribution in [2.45, 2.75) is 11.7 Å². The molecular formula is C28H29FN6O3S. The van der Waals surface area contributed by atoms with Gasteiger partial charge in [0.1, 0.15) is 23.0 Å². The minimum atomic E-state index is -0.383. The maximum Gasteiger partial charge on any atom is 0.276 e. The Kier molecular flexibility index (Phi) is 8.95. The van der Waals surface area contributed by atoms with Crippen molar-refractivity contribution >= 4 is 29.3 Å². The molecule has 0 saturated carbocycles. The van der Waals surface area contributed by atoms with E-state index in [0.29, 0.717) is 40.1 Å². The maximum absolute atomic E-state index is 13.7. The standard InChI is InChI=1S/C28H29FN6O3S/c1-30-26(36)23-17-22(13-14-31-23)38-21-11-9-20(10-12-21)32-27(37)24-25(18-5-7-19(29)8-6-18)35(16-15-34(2)3)28(33-24)39-4/h5-14,17H,15-16H2,1-4H3,(H,30,36)(H,32,37). The molecule has 2 aromatic carbocycles. The fourth-order valence-electron chi connectivity index (χ4n) is 3.81. The van der Waals surface area contributed by atoms with Crippen LogP contribution >= 0.6 is 11.8 Å². The molecule has 4 aromatic rings. The molecule has 39 heavy (non-hydrogen) atoms. The highest BCUT2D eigenvalue weighted by molar-refractivity contribution is 7.98. The minimum Gasteiger partial charge on any atom is -0.457 e. The van der Waals surface area contributed by atoms with Crippen LogP contribution in [0.3, 0.4) is 0 Å². The van der Waals surface area contributed by atoms with Crippen molar-refractivity contribution in [3.05, 3.63) is 84.1 Å². The summed E-state index contributed by atoms with van der Waals surface area (Å²) in [6, 6.07) is 16.1. The molecule has 0 atom stereocenters. The number of hydrogen-bond acceptors (Lipinski definition) is 7. The molecule has 2 N–H and O–H groups in total. The Labute approximate surface area is 230 Å². The van der Waals surface area contributed by atoms with Crippen LogP contribution in [0.4, 0.5) is 10.1 Å². The Hall–Kier alpha value is -4.22. The van der Waals surface area contributed by atoms with E-state index in [2.05, 4.69) is 20.6 Å². The van der Waals surface area contributed by atoms with Crippen molar-refractivity contribution in [1.29, 1.82) is 0 Å². The first-order valence-corrected chi connectivity index (χ1v) is 13.3. The molecule has 202 valence electrons. The predicted octanol–water partition coefficient (Wildman–Crippen LogP) is 4.77. The molecule has 2 aromatic heterocycles. The third-order valence-corrected chi connectivity index (χ3v) is 6.43. The summed E-state index contributed by atoms with van der Waals surface area (Å²) in [4.78, 5) is 36.0. The Morgan fingerprint density at radius 3 is 2.38 bits per heavy atom. The molecule has 2 heterocycles. The number of pyridine rings is 1. The number of imidazole rings is 1. The number of carbonyl (C=O) groups is 2. The van der Waals surface area contributed by atoms with E-state index in [9.17, 15) is 14.0 Å². The Morgan fingerprint density at radius 1 is 1.03 bits per heavy atom. The van der Waals surface area contributed by atoms with E-state index < -0.39 is 0 Å². The van der Waals surface area contributed by atoms with Gasteiger partial charge in [0.05, 0.1) is 5.69 Å². The van der Waals surface area contributed by atoms with Crippen molar-refractivity contribution in [3.63, 3.8) is 0 Å². The van der Waals surface area contributed by atoms with Crippen LogP contribution in [0, 0.1) is 5.82 Å². The van der Waals surface area contributed by atoms with Gasteiger partial charge in [0.2, 0.25) is 0 Å². The molecule has 9 nitrogen and oxygen atoms in total. The van der Waals surface area contributed by atoms with Crippen LogP contribution in [0.1, 0.15) is 21.0 Å². The second kappa shape index (κ2) is 12.5. The summed E-state index contributed by atoms with van der Waals surface area (Å²) in [6.45, 7) is 1.35. The fraction of sp³-hybridized carbons (Fsp3) is 0.214. The molecule has 0 fully saturated rings. The van der Waals surface area contributed by atoms with E-state index in [1.54, 1.807) is 48.5 Å². The first-order chi connectivity index (χ1) is 18.8. The smallest absolute Gasteiger partial charge is 0.276 e. The average molecular weight is 549 g/mol. The summed E-state index contributed by atoms with van der Waals surface area (Å²) >= 11 is 1.44. The van der Waals surface area contributed by atoms with Gasteiger partial charge in [0.25, 0.3) is 11.8 Å². The Bertz CT molecular complexity index is 1460. The molecule has 0 radical (unpaired) electrons. The van der Waals surface area contributed by atoms with Gasteiger partial charge in [-0.25, -0.2) is 9.37 Å². The molecule has 2 amide bonds. The second-order valence-electron chi connectivity index (χ2n) is 8.79. The van der Waals surface area contributed by atoms with Crippen molar-refractivity contribution in [3.8, 4) is 22.8 Å². The number of amides is 2. The number of thioether (sulfide) groups is 1. The number of ether oxygens (including phenoxy) is 1. The monoisotopic (exact) mass is 548 g/mol. The van der Waals surface area contributed by atoms with Gasteiger partial charge < -0.3 is 24.8 Å². The average Bonchev–Trinajstić information content (AvgIpc) is 3.32. The lowest BCUT2D eigenvalue weighted by Gasteiger charge is -2.15. The zero-order valence-corrected chi connectivity index (χ0v) is 22.9. The second-order valence-corrected chi connectivity index (χ2v) is 9.57. The van der Waals surface area contributed by atoms with Crippen LogP contribution in [-0.2, 0) is 6.54 Å². The number of benzene rings is 2. The van der Waals surface area contributed by atoms with Crippen LogP contribution < -0.4 is 15.4 Å². The highest BCUT2D eigenvalue weighted by Crippen LogP contribution is 2.30. The van der Waals surface area contributed by atoms with Crippen LogP contribution in [0.25, 0.3) is 11.3 Å². The van der Waals surface area contributed by atoms with Gasteiger partial charge >= 0.3 is 0 Å². The first kappa shape index (κ1) is 27.8. The number of rotatable bonds is 10. The number of anilines is 1. The molecule has 0 saturated heterocycles. The fourth-order valence-corrected chi connectivity index (χ4v) is 4.40. The SMILES string of the molecule is CNC(=O)c1cc(Oc2ccc(NC(=O)c3nc(SC)n(CCN(C)C)c3-c3ccc(F)cc3)cc2)ccn1. The third kappa shape index (κ3) is 6.81. The van der Waals surface area contributed by atoms with Crippen molar-refractivity contribution in [1.82, 2.24) is 24.8 Å². The van der Waals surface area contributed by atoms with E-state index >= 15 is 0 Å². The zero-order valence-electron chi connectivity index (χ0n) is 22.1. The highest BCUT2D eigenvalue weighted by atomic mass is 32.2. The Balaban J connectivity index is 1.57. The van der Waals surface area contributed by atoms with E-state index in [1.807, 2.05) is 29.8 Å². The van der Waals surface area contributed by atoms with E-state index in [1.165, 1.54) is 37.1 Å². The molecule has 0 unspecified atom stereocenters. The van der Waals surface area contributed by atoms with Gasteiger partial charge in [-0.2, -0.15) is 0 Å². The number of likely N-dealkylation sites (N-methyl/N-ethyl adjacent to an activating group) is 1. The lowest BCUT2D eigenvalue weighted by atomic mass is 10.1. The number of aromatic nitrogens is 3. The van der Waals surface area contributed by atoms with Crippen LogP contribution in [0.5, 0.6) is 11.5 Å². The molecule has 4 rings (SSSR count). The van der Waals surface area contributed by atoms with Gasteiger partial charge in [-0.05, 0) is 74.9 Å². The molecule has 0 spiro atoms. The van der Waals surface area contributed by atoms with Crippen LogP contribution in [0.2, 0.25) is 0 Å². The first-order valence-electron chi connectivity index (χ1n) is 12.1. The quantitative estimate of drug-likeness (QED) is 0.275. The number of nitrogens with zero attached hydrogens (tertiary/aromatic N) is 4. The maximum atomic E-state index is 13.7. The predicted molar refractivity (Wildman–Crippen MR) is 150 cm³/mol. The van der Waals surface area contributed by atoms with Gasteiger partial charge in [0.15, 0.2) is 10.9 Å². The summed E-state index contributed by atoms with van der Waals surface area (Å²) < 4.78 is 21.5. The van der Waals surface area contributed by atoms with Crippen molar-refractivity contribution in [2.24, 2.45) is 0 Å². The van der Waals surface area contributed by atoms with Crippen molar-refractivity contribution in [2.75, 3.05) is 39.3 Å².